The Labute approximate surface area is 115 Å². The largest absolute Gasteiger partial charge is 0.365 e. The minimum Gasteiger partial charge on any atom is -0.365 e. The first-order valence-electron chi connectivity index (χ1n) is 5.78. The second kappa shape index (κ2) is 5.71. The molecule has 0 bridgehead atoms. The van der Waals surface area contributed by atoms with Gasteiger partial charge in [0.15, 0.2) is 0 Å². The molecule has 1 amide bonds. The van der Waals surface area contributed by atoms with Gasteiger partial charge in [-0.05, 0) is 24.4 Å². The fourth-order valence-corrected chi connectivity index (χ4v) is 2.53. The van der Waals surface area contributed by atoms with Crippen molar-refractivity contribution in [3.8, 4) is 0 Å². The van der Waals surface area contributed by atoms with Crippen molar-refractivity contribution in [2.24, 2.45) is 5.92 Å². The molecule has 5 nitrogen and oxygen atoms in total. The maximum atomic E-state index is 11.7. The van der Waals surface area contributed by atoms with Crippen molar-refractivity contribution in [3.63, 3.8) is 0 Å². The first-order chi connectivity index (χ1) is 8.61. The van der Waals surface area contributed by atoms with E-state index in [0.717, 1.165) is 19.3 Å². The summed E-state index contributed by atoms with van der Waals surface area (Å²) < 4.78 is 0. The van der Waals surface area contributed by atoms with Crippen LogP contribution in [0.3, 0.4) is 0 Å². The van der Waals surface area contributed by atoms with Crippen molar-refractivity contribution >= 4 is 34.9 Å². The van der Waals surface area contributed by atoms with E-state index in [1.807, 2.05) is 0 Å². The van der Waals surface area contributed by atoms with Crippen LogP contribution in [0.1, 0.15) is 19.3 Å². The summed E-state index contributed by atoms with van der Waals surface area (Å²) in [5, 5.41) is 6.41. The normalized spacial score (nSPS) is 22.8. The van der Waals surface area contributed by atoms with Gasteiger partial charge < -0.3 is 10.6 Å². The molecule has 1 saturated carbocycles. The number of nitrogens with zero attached hydrogens (tertiary/aromatic N) is 2. The van der Waals surface area contributed by atoms with E-state index < -0.39 is 0 Å². The maximum Gasteiger partial charge on any atom is 0.224 e. The molecule has 1 aliphatic rings. The Bertz CT molecular complexity index is 455. The van der Waals surface area contributed by atoms with E-state index >= 15 is 0 Å². The van der Waals surface area contributed by atoms with Gasteiger partial charge in [0, 0.05) is 13.1 Å². The molecule has 0 aliphatic heterocycles. The summed E-state index contributed by atoms with van der Waals surface area (Å²) in [6.07, 6.45) is 4.24. The van der Waals surface area contributed by atoms with Crippen LogP contribution in [0.2, 0.25) is 10.3 Å². The van der Waals surface area contributed by atoms with Crippen molar-refractivity contribution in [2.45, 2.75) is 25.3 Å². The summed E-state index contributed by atoms with van der Waals surface area (Å²) in [5.41, 5.74) is 0. The standard InChI is InChI=1S/C11H14Cl2N4O/c1-14-10(18)6-3-2-4-8(6)16-9-7(12)5-15-11(13)17-9/h5-6,8H,2-4H2,1H3,(H,14,18)(H,15,16,17). The van der Waals surface area contributed by atoms with Gasteiger partial charge in [-0.1, -0.05) is 18.0 Å². The van der Waals surface area contributed by atoms with Crippen molar-refractivity contribution in [1.82, 2.24) is 15.3 Å². The number of rotatable bonds is 3. The van der Waals surface area contributed by atoms with Crippen LogP contribution in [0.4, 0.5) is 5.82 Å². The molecule has 1 aliphatic carbocycles. The van der Waals surface area contributed by atoms with Gasteiger partial charge in [-0.2, -0.15) is 4.98 Å². The Kier molecular flexibility index (Phi) is 4.24. The van der Waals surface area contributed by atoms with Crippen LogP contribution in [0.15, 0.2) is 6.20 Å². The van der Waals surface area contributed by atoms with E-state index in [1.54, 1.807) is 7.05 Å². The molecule has 0 aromatic carbocycles. The highest BCUT2D eigenvalue weighted by Crippen LogP contribution is 2.30. The summed E-state index contributed by atoms with van der Waals surface area (Å²) in [4.78, 5) is 19.5. The van der Waals surface area contributed by atoms with E-state index in [2.05, 4.69) is 20.6 Å². The molecule has 1 aromatic rings. The molecule has 0 saturated heterocycles. The Morgan fingerprint density at radius 3 is 2.94 bits per heavy atom. The monoisotopic (exact) mass is 288 g/mol. The Hall–Kier alpha value is -1.07. The Morgan fingerprint density at radius 1 is 1.44 bits per heavy atom. The average Bonchev–Trinajstić information content (AvgIpc) is 2.81. The van der Waals surface area contributed by atoms with E-state index in [4.69, 9.17) is 23.2 Å². The predicted octanol–water partition coefficient (Wildman–Crippen LogP) is 2.11. The average molecular weight is 289 g/mol. The maximum absolute atomic E-state index is 11.7. The topological polar surface area (TPSA) is 66.9 Å². The van der Waals surface area contributed by atoms with Gasteiger partial charge in [0.05, 0.1) is 12.1 Å². The summed E-state index contributed by atoms with van der Waals surface area (Å²) >= 11 is 11.7. The van der Waals surface area contributed by atoms with Crippen LogP contribution in [0.5, 0.6) is 0 Å². The third-order valence-corrected chi connectivity index (χ3v) is 3.59. The van der Waals surface area contributed by atoms with Crippen LogP contribution in [0, 0.1) is 5.92 Å². The minimum atomic E-state index is -0.0557. The lowest BCUT2D eigenvalue weighted by Gasteiger charge is -2.20. The third kappa shape index (κ3) is 2.84. The van der Waals surface area contributed by atoms with Crippen LogP contribution in [0.25, 0.3) is 0 Å². The molecule has 18 heavy (non-hydrogen) atoms. The van der Waals surface area contributed by atoms with Crippen LogP contribution in [-0.4, -0.2) is 29.0 Å². The van der Waals surface area contributed by atoms with Crippen LogP contribution < -0.4 is 10.6 Å². The van der Waals surface area contributed by atoms with Crippen LogP contribution >= 0.6 is 23.2 Å². The Morgan fingerprint density at radius 2 is 2.22 bits per heavy atom. The predicted molar refractivity (Wildman–Crippen MR) is 70.9 cm³/mol. The van der Waals surface area contributed by atoms with Gasteiger partial charge in [0.1, 0.15) is 10.8 Å². The van der Waals surface area contributed by atoms with Gasteiger partial charge in [0.25, 0.3) is 0 Å². The number of amides is 1. The van der Waals surface area contributed by atoms with Gasteiger partial charge in [-0.3, -0.25) is 4.79 Å². The summed E-state index contributed by atoms with van der Waals surface area (Å²) in [5.74, 6) is 0.471. The zero-order valence-electron chi connectivity index (χ0n) is 9.91. The number of hydrogen-bond acceptors (Lipinski definition) is 4. The fraction of sp³-hybridized carbons (Fsp3) is 0.545. The lowest BCUT2D eigenvalue weighted by atomic mass is 10.0. The summed E-state index contributed by atoms with van der Waals surface area (Å²) in [6, 6.07) is 0.0356. The fourth-order valence-electron chi connectivity index (χ4n) is 2.25. The second-order valence-electron chi connectivity index (χ2n) is 4.24. The summed E-state index contributed by atoms with van der Waals surface area (Å²) in [6.45, 7) is 0. The van der Waals surface area contributed by atoms with Crippen molar-refractivity contribution in [3.05, 3.63) is 16.5 Å². The molecular formula is C11H14Cl2N4O. The van der Waals surface area contributed by atoms with E-state index in [0.29, 0.717) is 10.8 Å². The lowest BCUT2D eigenvalue weighted by Crippen LogP contribution is -2.36. The Balaban J connectivity index is 2.13. The highest BCUT2D eigenvalue weighted by molar-refractivity contribution is 6.33. The molecule has 1 aromatic heterocycles. The first kappa shape index (κ1) is 13.4. The molecule has 1 fully saturated rings. The van der Waals surface area contributed by atoms with Gasteiger partial charge in [0.2, 0.25) is 11.2 Å². The van der Waals surface area contributed by atoms with Gasteiger partial charge >= 0.3 is 0 Å². The number of aromatic nitrogens is 2. The molecule has 7 heteroatoms. The molecule has 0 radical (unpaired) electrons. The summed E-state index contributed by atoms with van der Waals surface area (Å²) in [7, 11) is 1.65. The quantitative estimate of drug-likeness (QED) is 0.836. The molecule has 98 valence electrons. The van der Waals surface area contributed by atoms with Crippen molar-refractivity contribution < 1.29 is 4.79 Å². The van der Waals surface area contributed by atoms with Crippen molar-refractivity contribution in [1.29, 1.82) is 0 Å². The minimum absolute atomic E-state index is 0.0356. The highest BCUT2D eigenvalue weighted by Gasteiger charge is 2.32. The number of carbonyl (C=O) groups is 1. The third-order valence-electron chi connectivity index (χ3n) is 3.14. The molecule has 1 heterocycles. The molecule has 2 N–H and O–H groups in total. The number of carbonyl (C=O) groups excluding carboxylic acids is 1. The second-order valence-corrected chi connectivity index (χ2v) is 4.98. The smallest absolute Gasteiger partial charge is 0.224 e. The number of anilines is 1. The van der Waals surface area contributed by atoms with Gasteiger partial charge in [-0.15, -0.1) is 0 Å². The van der Waals surface area contributed by atoms with E-state index in [-0.39, 0.29) is 23.2 Å². The van der Waals surface area contributed by atoms with E-state index in [9.17, 15) is 4.79 Å². The van der Waals surface area contributed by atoms with Crippen LogP contribution in [-0.2, 0) is 4.79 Å². The van der Waals surface area contributed by atoms with Gasteiger partial charge in [-0.25, -0.2) is 4.98 Å². The van der Waals surface area contributed by atoms with E-state index in [1.165, 1.54) is 6.20 Å². The molecular weight excluding hydrogens is 275 g/mol. The molecule has 2 unspecified atom stereocenters. The number of halogens is 2. The zero-order chi connectivity index (χ0) is 13.1. The first-order valence-corrected chi connectivity index (χ1v) is 6.53. The SMILES string of the molecule is CNC(=O)C1CCCC1Nc1nc(Cl)ncc1Cl. The highest BCUT2D eigenvalue weighted by atomic mass is 35.5. The van der Waals surface area contributed by atoms with Crippen molar-refractivity contribution in [2.75, 3.05) is 12.4 Å². The zero-order valence-corrected chi connectivity index (χ0v) is 11.4. The molecule has 2 atom stereocenters. The number of hydrogen-bond donors (Lipinski definition) is 2. The molecule has 0 spiro atoms. The lowest BCUT2D eigenvalue weighted by molar-refractivity contribution is -0.124. The molecule has 2 rings (SSSR count). The number of nitrogens with one attached hydrogen (secondary N) is 2.